The number of hydrogen-bond donors (Lipinski definition) is 2. The Bertz CT molecular complexity index is 1930. The molecule has 2 bridgehead atoms. The van der Waals surface area contributed by atoms with Gasteiger partial charge in [0, 0.05) is 22.8 Å². The summed E-state index contributed by atoms with van der Waals surface area (Å²) in [5, 5.41) is 20.8. The number of carboxylic acids is 1. The highest BCUT2D eigenvalue weighted by atomic mass is 35.5. The van der Waals surface area contributed by atoms with Crippen LogP contribution in [-0.2, 0) is 17.7 Å². The lowest BCUT2D eigenvalue weighted by Crippen LogP contribution is -2.53. The maximum Gasteiger partial charge on any atom is 0.415 e. The summed E-state index contributed by atoms with van der Waals surface area (Å²) in [5.74, 6) is -3.59. The van der Waals surface area contributed by atoms with Crippen molar-refractivity contribution in [2.45, 2.75) is 37.8 Å². The predicted molar refractivity (Wildman–Crippen MR) is 184 cm³/mol. The van der Waals surface area contributed by atoms with E-state index in [0.29, 0.717) is 39.5 Å². The molecule has 7 rings (SSSR count). The number of rotatable bonds is 11. The van der Waals surface area contributed by atoms with Gasteiger partial charge in [-0.2, -0.15) is 0 Å². The molecule has 3 fully saturated rings. The number of benzene rings is 3. The maximum absolute atomic E-state index is 15.5. The normalized spacial score (nSPS) is 18.6. The van der Waals surface area contributed by atoms with E-state index in [1.807, 2.05) is 0 Å². The van der Waals surface area contributed by atoms with E-state index in [0.717, 1.165) is 36.9 Å². The van der Waals surface area contributed by atoms with Crippen LogP contribution in [0.1, 0.15) is 51.4 Å². The first-order chi connectivity index (χ1) is 24.5. The summed E-state index contributed by atoms with van der Waals surface area (Å²) in [6.45, 7) is 1.95. The second kappa shape index (κ2) is 15.3. The Kier molecular flexibility index (Phi) is 10.8. The Morgan fingerprint density at radius 3 is 2.31 bits per heavy atom. The molecule has 1 aromatic heterocycles. The van der Waals surface area contributed by atoms with Crippen molar-refractivity contribution in [3.63, 3.8) is 0 Å². The highest BCUT2D eigenvalue weighted by Gasteiger charge is 2.38. The SMILES string of the molecule is COc1ccc([C@H](Cc2c(Cl)c[n+](O)cc2Cl)c2c(CN(C(=O)O[C@H]3CN4CCC3CC4)c3cccc(F)c3F)cccc2C(=O)O)cc1OC. The van der Waals surface area contributed by atoms with Gasteiger partial charge in [-0.1, -0.05) is 47.5 Å². The number of halogens is 4. The molecule has 3 saturated heterocycles. The minimum Gasteiger partial charge on any atom is -0.493 e. The third kappa shape index (κ3) is 7.53. The number of aromatic nitrogens is 1. The van der Waals surface area contributed by atoms with E-state index in [-0.39, 0.29) is 45.7 Å². The Morgan fingerprint density at radius 2 is 1.69 bits per heavy atom. The predicted octanol–water partition coefficient (Wildman–Crippen LogP) is 7.12. The van der Waals surface area contributed by atoms with Crippen molar-refractivity contribution in [1.82, 2.24) is 4.90 Å². The third-order valence-electron chi connectivity index (χ3n) is 9.68. The molecular weight excluding hydrogens is 707 g/mol. The second-order valence-electron chi connectivity index (χ2n) is 12.6. The lowest BCUT2D eigenvalue weighted by Gasteiger charge is -2.44. The van der Waals surface area contributed by atoms with Crippen LogP contribution < -0.4 is 19.1 Å². The fourth-order valence-electron chi connectivity index (χ4n) is 7.10. The number of methoxy groups -OCH3 is 2. The molecule has 0 radical (unpaired) electrons. The Labute approximate surface area is 303 Å². The van der Waals surface area contributed by atoms with Gasteiger partial charge in [-0.15, -0.1) is 0 Å². The van der Waals surface area contributed by atoms with Gasteiger partial charge >= 0.3 is 12.1 Å². The van der Waals surface area contributed by atoms with Crippen LogP contribution in [0, 0.1) is 17.6 Å². The van der Waals surface area contributed by atoms with E-state index in [4.69, 9.17) is 37.4 Å². The first kappa shape index (κ1) is 36.2. The second-order valence-corrected chi connectivity index (χ2v) is 13.4. The molecule has 3 aliphatic rings. The molecule has 51 heavy (non-hydrogen) atoms. The summed E-state index contributed by atoms with van der Waals surface area (Å²) in [5.41, 5.74) is 1.04. The van der Waals surface area contributed by atoms with Gasteiger partial charge in [0.15, 0.2) is 23.1 Å². The summed E-state index contributed by atoms with van der Waals surface area (Å²) >= 11 is 13.2. The molecule has 0 aliphatic carbocycles. The highest BCUT2D eigenvalue weighted by Crippen LogP contribution is 2.41. The van der Waals surface area contributed by atoms with Crippen molar-refractivity contribution >= 4 is 41.0 Å². The van der Waals surface area contributed by atoms with E-state index in [2.05, 4.69) is 4.90 Å². The van der Waals surface area contributed by atoms with Crippen LogP contribution in [0.3, 0.4) is 0 Å². The van der Waals surface area contributed by atoms with Gasteiger partial charge in [-0.3, -0.25) is 15.0 Å². The molecular formula is C37H36Cl2F2N3O7+. The van der Waals surface area contributed by atoms with Crippen LogP contribution in [0.5, 0.6) is 11.5 Å². The van der Waals surface area contributed by atoms with Crippen LogP contribution in [0.4, 0.5) is 19.3 Å². The van der Waals surface area contributed by atoms with Crippen molar-refractivity contribution in [3.8, 4) is 11.5 Å². The quantitative estimate of drug-likeness (QED) is 0.123. The van der Waals surface area contributed by atoms with Gasteiger partial charge in [0.25, 0.3) is 0 Å². The Hall–Kier alpha value is -4.65. The van der Waals surface area contributed by atoms with E-state index in [1.54, 1.807) is 24.3 Å². The molecule has 4 aromatic rings. The summed E-state index contributed by atoms with van der Waals surface area (Å²) in [7, 11) is 2.94. The lowest BCUT2D eigenvalue weighted by atomic mass is 9.80. The van der Waals surface area contributed by atoms with Gasteiger partial charge in [0.2, 0.25) is 12.4 Å². The van der Waals surface area contributed by atoms with E-state index in [9.17, 15) is 24.3 Å². The van der Waals surface area contributed by atoms with Gasteiger partial charge in [-0.05, 0) is 85.3 Å². The maximum atomic E-state index is 15.5. The number of aromatic carboxylic acids is 1. The van der Waals surface area contributed by atoms with Crippen LogP contribution in [0.15, 0.2) is 67.0 Å². The number of carbonyl (C=O) groups is 2. The standard InChI is InChI=1S/C37H35Cl2F2N3O7/c1-49-31-10-9-22(15-32(31)50-2)25(16-26-27(38)18-43(48)19-28(26)39)34-23(5-3-6-24(34)36(45)46)17-44(30-8-4-7-29(40)35(30)41)37(47)51-33-20-42-13-11-21(33)12-14-42/h3-10,15,18-19,21,25,33H,11-14,16-17,20H2,1-2H3,(H-,45,46,48)/p+1/t25-,33-/m0/s1. The molecule has 1 amide bonds. The average molecular weight is 744 g/mol. The number of nitrogens with zero attached hydrogens (tertiary/aromatic N) is 3. The number of ether oxygens (including phenoxy) is 3. The van der Waals surface area contributed by atoms with Gasteiger partial charge < -0.3 is 19.3 Å². The minimum absolute atomic E-state index is 0.0175. The van der Waals surface area contributed by atoms with Crippen molar-refractivity contribution in [2.75, 3.05) is 38.8 Å². The van der Waals surface area contributed by atoms with Crippen LogP contribution >= 0.6 is 23.2 Å². The molecule has 3 aromatic carbocycles. The number of anilines is 1. The summed E-state index contributed by atoms with van der Waals surface area (Å²) in [6, 6.07) is 13.2. The smallest absolute Gasteiger partial charge is 0.415 e. The van der Waals surface area contributed by atoms with Crippen molar-refractivity contribution in [1.29, 1.82) is 0 Å². The molecule has 10 nitrogen and oxygen atoms in total. The molecule has 268 valence electrons. The van der Waals surface area contributed by atoms with Crippen LogP contribution in [-0.4, -0.2) is 67.2 Å². The molecule has 4 heterocycles. The van der Waals surface area contributed by atoms with Gasteiger partial charge in [-0.25, -0.2) is 18.4 Å². The zero-order valence-electron chi connectivity index (χ0n) is 27.8. The summed E-state index contributed by atoms with van der Waals surface area (Å²) in [4.78, 5) is 30.2. The lowest BCUT2D eigenvalue weighted by molar-refractivity contribution is -0.904. The van der Waals surface area contributed by atoms with Crippen LogP contribution in [0.25, 0.3) is 0 Å². The van der Waals surface area contributed by atoms with Crippen molar-refractivity contribution in [2.24, 2.45) is 5.92 Å². The van der Waals surface area contributed by atoms with E-state index >= 15 is 4.39 Å². The first-order valence-electron chi connectivity index (χ1n) is 16.3. The topological polar surface area (TPSA) is 113 Å². The molecule has 0 saturated carbocycles. The summed E-state index contributed by atoms with van der Waals surface area (Å²) in [6.07, 6.45) is 2.88. The van der Waals surface area contributed by atoms with Crippen molar-refractivity contribution < 1.29 is 47.6 Å². The van der Waals surface area contributed by atoms with E-state index in [1.165, 1.54) is 50.9 Å². The molecule has 2 atom stereocenters. The average Bonchev–Trinajstić information content (AvgIpc) is 3.12. The fourth-order valence-corrected chi connectivity index (χ4v) is 7.71. The minimum atomic E-state index is -1.27. The van der Waals surface area contributed by atoms with Gasteiger partial charge in [0.1, 0.15) is 16.1 Å². The molecule has 0 unspecified atom stereocenters. The zero-order valence-corrected chi connectivity index (χ0v) is 29.3. The van der Waals surface area contributed by atoms with Gasteiger partial charge in [0.05, 0.1) is 32.0 Å². The fraction of sp³-hybridized carbons (Fsp3) is 0.324. The summed E-state index contributed by atoms with van der Waals surface area (Å²) < 4.78 is 48.0. The number of fused-ring (bicyclic) bond motifs is 3. The molecule has 2 N–H and O–H groups in total. The Morgan fingerprint density at radius 1 is 1.00 bits per heavy atom. The van der Waals surface area contributed by atoms with E-state index < -0.39 is 35.7 Å². The number of amides is 1. The zero-order chi connectivity index (χ0) is 36.4. The highest BCUT2D eigenvalue weighted by molar-refractivity contribution is 6.35. The number of pyridine rings is 1. The van der Waals surface area contributed by atoms with Crippen LogP contribution in [0.2, 0.25) is 10.0 Å². The number of carboxylic acid groups (broad SMARTS) is 1. The number of hydrogen-bond acceptors (Lipinski definition) is 7. The first-order valence-corrected chi connectivity index (χ1v) is 17.0. The third-order valence-corrected chi connectivity index (χ3v) is 10.3. The molecule has 14 heteroatoms. The molecule has 0 spiro atoms. The number of piperidine rings is 3. The van der Waals surface area contributed by atoms with Crippen molar-refractivity contribution in [3.05, 3.63) is 116 Å². The largest absolute Gasteiger partial charge is 0.493 e. The Balaban J connectivity index is 1.51. The number of carbonyl (C=O) groups excluding carboxylic acids is 1. The monoisotopic (exact) mass is 742 g/mol. The molecule has 3 aliphatic heterocycles.